The van der Waals surface area contributed by atoms with Gasteiger partial charge in [0.2, 0.25) is 0 Å². The molecule has 0 spiro atoms. The number of fused-ring (bicyclic) bond motifs is 12. The predicted octanol–water partition coefficient (Wildman–Crippen LogP) is 31.0. The van der Waals surface area contributed by atoms with E-state index in [-0.39, 0.29) is 0 Å². The van der Waals surface area contributed by atoms with Crippen LogP contribution in [0.4, 0.5) is 0 Å². The van der Waals surface area contributed by atoms with Gasteiger partial charge in [0.25, 0.3) is 0 Å². The second-order valence-corrected chi connectivity index (χ2v) is 35.6. The molecule has 0 aromatic heterocycles. The zero-order chi connectivity index (χ0) is 83.7. The Kier molecular flexibility index (Phi) is 31.4. The zero-order valence-corrected chi connectivity index (χ0v) is 74.5. The van der Waals surface area contributed by atoms with Crippen molar-refractivity contribution in [2.24, 2.45) is 11.8 Å². The number of aryl methyl sites for hydroxylation is 10. The summed E-state index contributed by atoms with van der Waals surface area (Å²) in [5.41, 5.74) is 47.7. The summed E-state index contributed by atoms with van der Waals surface area (Å²) in [6.07, 6.45) is 42.9. The van der Waals surface area contributed by atoms with E-state index in [0.29, 0.717) is 0 Å². The largest absolute Gasteiger partial charge is 0.0795 e. The number of hydrogen-bond acceptors (Lipinski definition) is 0. The minimum absolute atomic E-state index is 0.770. The van der Waals surface area contributed by atoms with Crippen molar-refractivity contribution in [3.63, 3.8) is 0 Å². The molecule has 0 amide bonds. The average molecular weight is 1570 g/mol. The van der Waals surface area contributed by atoms with Gasteiger partial charge in [0.15, 0.2) is 0 Å². The lowest BCUT2D eigenvalue weighted by Gasteiger charge is -2.08. The molecule has 0 heteroatoms. The molecule has 12 aliphatic rings. The van der Waals surface area contributed by atoms with Gasteiger partial charge in [-0.1, -0.05) is 365 Å². The van der Waals surface area contributed by atoms with Crippen molar-refractivity contribution in [3.05, 3.63) is 458 Å². The highest BCUT2D eigenvalue weighted by molar-refractivity contribution is 5.75. The van der Waals surface area contributed by atoms with Gasteiger partial charge in [-0.2, -0.15) is 0 Å². The molecule has 0 heterocycles. The van der Waals surface area contributed by atoms with Crippen LogP contribution in [-0.4, -0.2) is 0 Å². The fourth-order valence-electron chi connectivity index (χ4n) is 19.2. The van der Waals surface area contributed by atoms with Gasteiger partial charge in [0.1, 0.15) is 0 Å². The van der Waals surface area contributed by atoms with Crippen LogP contribution in [0.15, 0.2) is 302 Å². The summed E-state index contributed by atoms with van der Waals surface area (Å²) in [7, 11) is 0. The zero-order valence-electron chi connectivity index (χ0n) is 74.5. The lowest BCUT2D eigenvalue weighted by atomic mass is 9.97. The summed E-state index contributed by atoms with van der Waals surface area (Å²) in [5, 5.41) is 0. The monoisotopic (exact) mass is 1570 g/mol. The summed E-state index contributed by atoms with van der Waals surface area (Å²) >= 11 is 0. The van der Waals surface area contributed by atoms with E-state index in [1.807, 2.05) is 0 Å². The van der Waals surface area contributed by atoms with Crippen LogP contribution in [0.2, 0.25) is 0 Å². The molecule has 0 radical (unpaired) electrons. The summed E-state index contributed by atoms with van der Waals surface area (Å²) in [5.74, 6) is 3.28. The van der Waals surface area contributed by atoms with Gasteiger partial charge in [-0.05, 0) is 363 Å². The Bertz CT molecular complexity index is 5540. The van der Waals surface area contributed by atoms with Gasteiger partial charge in [0.05, 0.1) is 0 Å². The molecule has 3 atom stereocenters. The lowest BCUT2D eigenvalue weighted by Crippen LogP contribution is -1.97. The van der Waals surface area contributed by atoms with Crippen LogP contribution in [0.1, 0.15) is 249 Å². The molecule has 612 valence electrons. The summed E-state index contributed by atoms with van der Waals surface area (Å²) < 4.78 is 0. The van der Waals surface area contributed by atoms with Gasteiger partial charge in [-0.3, -0.25) is 0 Å². The average Bonchev–Trinajstić information content (AvgIpc) is 1.67. The molecule has 120 heavy (non-hydrogen) atoms. The van der Waals surface area contributed by atoms with E-state index in [2.05, 4.69) is 399 Å². The Morgan fingerprint density at radius 1 is 0.300 bits per heavy atom. The fourth-order valence-corrected chi connectivity index (χ4v) is 19.2. The quantitative estimate of drug-likeness (QED) is 0.142. The van der Waals surface area contributed by atoms with Crippen molar-refractivity contribution < 1.29 is 0 Å². The third-order valence-electron chi connectivity index (χ3n) is 26.5. The molecular formula is C120H132. The van der Waals surface area contributed by atoms with E-state index in [0.717, 1.165) is 62.2 Å². The van der Waals surface area contributed by atoms with Crippen LogP contribution < -0.4 is 0 Å². The normalized spacial score (nSPS) is 16.9. The molecule has 12 aromatic rings. The number of hydrogen-bond donors (Lipinski definition) is 0. The fraction of sp³-hybridized carbons (Fsp3) is 0.300. The molecule has 0 nitrogen and oxygen atoms in total. The summed E-state index contributed by atoms with van der Waals surface area (Å²) in [6.45, 7) is 26.7. The van der Waals surface area contributed by atoms with E-state index in [1.54, 1.807) is 66.8 Å². The van der Waals surface area contributed by atoms with Crippen LogP contribution in [0.5, 0.6) is 0 Å². The van der Waals surface area contributed by atoms with E-state index in [1.165, 1.54) is 201 Å². The highest BCUT2D eigenvalue weighted by atomic mass is 14.3. The molecular weight excluding hydrogens is 1440 g/mol. The standard InChI is InChI=1S/C11H14.C11H12.C10H12.C10H10.C10H12.C10H10.C10H12.C10H10.C10H12.C10H10.C9H10.C9H8/c2*1-8-7-10-5-3-4-6-11(10)9(8)2;2*1-8-4-2-5-9-6-3-7-10(8)9;2*1-8-5-6-9-3-2-4-10(9)7-8;2*1-8-6-9-4-2-3-5-10(9)7-8;2*1-8-6-7-9-4-2-3-5-10(8)9;2*1-2-5-9-7-3-6-8(9)4-1/h3-6,8-9H,7H2,1-2H3;3-6H,7H2,1-2H3;2,4-5H,3,6-7H2,1H3;2-5,7H,6H2,1H3;5-7H,2-4H2,1H3;2,4-7H,3H2,1H3;2-5,8H,6-7H2,1H3;2-6H,7H2,1H3;2-5,8H,6-7H2,1H3;2-6H,7H2,1H3;1-2,4-5H,3,6-7H2;1-6H,7H2. The second kappa shape index (κ2) is 43.3. The molecule has 0 aliphatic heterocycles. The topological polar surface area (TPSA) is 0 Å². The van der Waals surface area contributed by atoms with Crippen LogP contribution >= 0.6 is 0 Å². The van der Waals surface area contributed by atoms with E-state index in [4.69, 9.17) is 0 Å². The Morgan fingerprint density at radius 2 is 0.783 bits per heavy atom. The molecule has 0 fully saturated rings. The first-order valence-corrected chi connectivity index (χ1v) is 45.4. The molecule has 0 N–H and O–H groups in total. The van der Waals surface area contributed by atoms with E-state index in [9.17, 15) is 0 Å². The molecule has 3 unspecified atom stereocenters. The Balaban J connectivity index is 0.000000113. The Morgan fingerprint density at radius 3 is 1.42 bits per heavy atom. The second-order valence-electron chi connectivity index (χ2n) is 35.6. The van der Waals surface area contributed by atoms with E-state index < -0.39 is 0 Å². The van der Waals surface area contributed by atoms with Crippen LogP contribution in [0.3, 0.4) is 0 Å². The summed E-state index contributed by atoms with van der Waals surface area (Å²) in [4.78, 5) is 0. The maximum absolute atomic E-state index is 2.34. The molecule has 0 bridgehead atoms. The maximum Gasteiger partial charge on any atom is -0.00579 e. The smallest absolute Gasteiger partial charge is 0.00579 e. The third kappa shape index (κ3) is 23.8. The van der Waals surface area contributed by atoms with Gasteiger partial charge >= 0.3 is 0 Å². The van der Waals surface area contributed by atoms with Gasteiger partial charge in [-0.15, -0.1) is 0 Å². The van der Waals surface area contributed by atoms with Crippen molar-refractivity contribution in [2.75, 3.05) is 0 Å². The highest BCUT2D eigenvalue weighted by Crippen LogP contribution is 2.38. The van der Waals surface area contributed by atoms with Crippen molar-refractivity contribution in [1.29, 1.82) is 0 Å². The molecule has 12 aromatic carbocycles. The molecule has 12 aliphatic carbocycles. The first-order chi connectivity index (χ1) is 58.5. The SMILES string of the molecule is C1=Cc2ccccc2C1.CC1=C(C)c2ccccc2C1.CC1=CCc2ccccc21.CC1=Cc2ccccc2C1.CC1CCc2ccccc21.CC1Cc2ccccc2C1.CC1Cc2ccccc2C1C.Cc1ccc2c(c1)C=CC2.Cc1ccc2c(c1)CCC2.Cc1cccc2c1C=CC2.Cc1cccc2c1CCC2.c1ccc2c(c1)CCC2. The summed E-state index contributed by atoms with van der Waals surface area (Å²) in [6, 6.07) is 96.0. The van der Waals surface area contributed by atoms with Crippen LogP contribution in [-0.2, 0) is 103 Å². The molecule has 0 saturated heterocycles. The first-order valence-electron chi connectivity index (χ1n) is 45.4. The number of allylic oxidation sites excluding steroid dienone is 8. The number of benzene rings is 12. The van der Waals surface area contributed by atoms with Gasteiger partial charge < -0.3 is 0 Å². The minimum atomic E-state index is 0.770. The molecule has 0 saturated carbocycles. The van der Waals surface area contributed by atoms with Gasteiger partial charge in [0, 0.05) is 0 Å². The minimum Gasteiger partial charge on any atom is -0.0795 e. The highest BCUT2D eigenvalue weighted by Gasteiger charge is 2.25. The van der Waals surface area contributed by atoms with Gasteiger partial charge in [-0.25, -0.2) is 0 Å². The maximum atomic E-state index is 2.34. The molecule has 24 rings (SSSR count). The Hall–Kier alpha value is -10.9. The Labute approximate surface area is 723 Å². The van der Waals surface area contributed by atoms with Crippen molar-refractivity contribution >= 4 is 35.5 Å². The van der Waals surface area contributed by atoms with Crippen molar-refractivity contribution in [3.8, 4) is 0 Å². The van der Waals surface area contributed by atoms with Crippen LogP contribution in [0, 0.1) is 39.5 Å². The predicted molar refractivity (Wildman–Crippen MR) is 522 cm³/mol. The van der Waals surface area contributed by atoms with Crippen molar-refractivity contribution in [1.82, 2.24) is 0 Å². The van der Waals surface area contributed by atoms with Crippen LogP contribution in [0.25, 0.3) is 35.5 Å². The van der Waals surface area contributed by atoms with Crippen molar-refractivity contribution in [2.45, 2.75) is 223 Å². The third-order valence-corrected chi connectivity index (χ3v) is 26.5. The lowest BCUT2D eigenvalue weighted by molar-refractivity contribution is 0.532. The first kappa shape index (κ1) is 86.9. The van der Waals surface area contributed by atoms with E-state index >= 15 is 0 Å². The number of rotatable bonds is 0.